The molecule has 1 unspecified atom stereocenters. The summed E-state index contributed by atoms with van der Waals surface area (Å²) >= 11 is 1.56. The summed E-state index contributed by atoms with van der Waals surface area (Å²) in [4.78, 5) is 13.0. The van der Waals surface area contributed by atoms with E-state index in [0.717, 1.165) is 12.0 Å². The normalized spacial score (nSPS) is 22.8. The van der Waals surface area contributed by atoms with Crippen LogP contribution in [0.5, 0.6) is 0 Å². The minimum atomic E-state index is -3.21. The molecule has 0 aromatic heterocycles. The molecular formula is C8H15NO4S2. The number of amides is 1. The fourth-order valence-electron chi connectivity index (χ4n) is 1.43. The molecule has 1 amide bonds. The summed E-state index contributed by atoms with van der Waals surface area (Å²) in [6, 6.07) is 0. The molecule has 1 aliphatic rings. The van der Waals surface area contributed by atoms with Crippen LogP contribution < -0.4 is 0 Å². The quantitative estimate of drug-likeness (QED) is 0.683. The van der Waals surface area contributed by atoms with Crippen molar-refractivity contribution in [1.29, 1.82) is 0 Å². The Balaban J connectivity index is 2.79. The van der Waals surface area contributed by atoms with E-state index in [9.17, 15) is 13.2 Å². The van der Waals surface area contributed by atoms with Gasteiger partial charge in [-0.25, -0.2) is 8.42 Å². The van der Waals surface area contributed by atoms with Crippen LogP contribution in [0, 0.1) is 0 Å². The van der Waals surface area contributed by atoms with Gasteiger partial charge in [0.25, 0.3) is 0 Å². The van der Waals surface area contributed by atoms with Crippen LogP contribution in [0.25, 0.3) is 0 Å². The number of hydrogen-bond acceptors (Lipinski definition) is 5. The monoisotopic (exact) mass is 253 g/mol. The number of carbonyl (C=O) groups is 1. The molecule has 0 radical (unpaired) electrons. The van der Waals surface area contributed by atoms with Gasteiger partial charge in [0, 0.05) is 31.4 Å². The largest absolute Gasteiger partial charge is 0.375 e. The lowest BCUT2D eigenvalue weighted by atomic mass is 10.4. The zero-order chi connectivity index (χ0) is 11.5. The Bertz CT molecular complexity index is 328. The molecule has 88 valence electrons. The number of thioether (sulfide) groups is 1. The number of ether oxygens (including phenoxy) is 1. The number of rotatable bonds is 3. The van der Waals surface area contributed by atoms with Crippen molar-refractivity contribution in [2.24, 2.45) is 0 Å². The lowest BCUT2D eigenvalue weighted by Crippen LogP contribution is -2.51. The van der Waals surface area contributed by atoms with Gasteiger partial charge in [0.15, 0.2) is 9.84 Å². The molecule has 5 nitrogen and oxygen atoms in total. The first kappa shape index (κ1) is 12.8. The first-order valence-corrected chi connectivity index (χ1v) is 7.62. The zero-order valence-corrected chi connectivity index (χ0v) is 10.4. The molecular weight excluding hydrogens is 238 g/mol. The van der Waals surface area contributed by atoms with E-state index in [2.05, 4.69) is 0 Å². The molecule has 0 N–H and O–H groups in total. The van der Waals surface area contributed by atoms with E-state index >= 15 is 0 Å². The van der Waals surface area contributed by atoms with Gasteiger partial charge in [-0.2, -0.15) is 11.8 Å². The topological polar surface area (TPSA) is 63.7 Å². The number of nitrogens with zero attached hydrogens (tertiary/aromatic N) is 1. The highest BCUT2D eigenvalue weighted by Gasteiger charge is 2.33. The van der Waals surface area contributed by atoms with Gasteiger partial charge in [0.1, 0.15) is 12.0 Å². The fourth-order valence-corrected chi connectivity index (χ4v) is 4.26. The predicted octanol–water partition coefficient (Wildman–Crippen LogP) is -0.421. The van der Waals surface area contributed by atoms with E-state index in [4.69, 9.17) is 4.74 Å². The summed E-state index contributed by atoms with van der Waals surface area (Å²) in [6.45, 7) is 0.418. The Morgan fingerprint density at radius 2 is 2.27 bits per heavy atom. The second kappa shape index (κ2) is 5.18. The van der Waals surface area contributed by atoms with Crippen LogP contribution in [-0.4, -0.2) is 62.6 Å². The molecule has 1 saturated heterocycles. The van der Waals surface area contributed by atoms with Crippen LogP contribution in [-0.2, 0) is 19.4 Å². The van der Waals surface area contributed by atoms with Crippen LogP contribution in [0.4, 0.5) is 0 Å². The molecule has 1 heterocycles. The molecule has 1 rings (SSSR count). The molecule has 0 spiro atoms. The summed E-state index contributed by atoms with van der Waals surface area (Å²) in [6.07, 6.45) is 1.16. The summed E-state index contributed by atoms with van der Waals surface area (Å²) in [5.74, 6) is 0.976. The number of hydrogen-bond donors (Lipinski definition) is 0. The third kappa shape index (κ3) is 3.35. The smallest absolute Gasteiger partial charge is 0.249 e. The van der Waals surface area contributed by atoms with Crippen molar-refractivity contribution in [1.82, 2.24) is 4.90 Å². The van der Waals surface area contributed by atoms with Gasteiger partial charge in [-0.15, -0.1) is 0 Å². The van der Waals surface area contributed by atoms with Crippen molar-refractivity contribution < 1.29 is 17.9 Å². The standard InChI is InChI=1S/C8H15NO4S2/c1-13-5-7(10)9-3-4-14-6-8(9)15(2,11)12/h8H,3-6H2,1-2H3. The van der Waals surface area contributed by atoms with Gasteiger partial charge < -0.3 is 9.64 Å². The Hall–Kier alpha value is -0.270. The summed E-state index contributed by atoms with van der Waals surface area (Å²) in [5, 5.41) is -0.695. The molecule has 1 fully saturated rings. The molecule has 0 aromatic carbocycles. The summed E-state index contributed by atoms with van der Waals surface area (Å²) in [7, 11) is -1.79. The Labute approximate surface area is 94.1 Å². The molecule has 1 aliphatic heterocycles. The van der Waals surface area contributed by atoms with Crippen molar-refractivity contribution in [3.63, 3.8) is 0 Å². The average Bonchev–Trinajstić information content (AvgIpc) is 2.17. The van der Waals surface area contributed by atoms with Crippen molar-refractivity contribution in [2.45, 2.75) is 5.37 Å². The van der Waals surface area contributed by atoms with E-state index in [0.29, 0.717) is 12.3 Å². The van der Waals surface area contributed by atoms with Gasteiger partial charge in [-0.3, -0.25) is 4.79 Å². The van der Waals surface area contributed by atoms with Crippen LogP contribution in [0.2, 0.25) is 0 Å². The van der Waals surface area contributed by atoms with E-state index < -0.39 is 15.2 Å². The Kier molecular flexibility index (Phi) is 4.42. The molecule has 0 aliphatic carbocycles. The van der Waals surface area contributed by atoms with Crippen molar-refractivity contribution in [2.75, 3.05) is 38.0 Å². The molecule has 0 bridgehead atoms. The second-order valence-corrected chi connectivity index (χ2v) is 6.73. The first-order chi connectivity index (χ1) is 6.96. The maximum Gasteiger partial charge on any atom is 0.249 e. The van der Waals surface area contributed by atoms with E-state index in [-0.39, 0.29) is 12.5 Å². The lowest BCUT2D eigenvalue weighted by Gasteiger charge is -2.33. The summed E-state index contributed by atoms with van der Waals surface area (Å²) < 4.78 is 27.6. The highest BCUT2D eigenvalue weighted by Crippen LogP contribution is 2.20. The van der Waals surface area contributed by atoms with Crippen LogP contribution in [0.3, 0.4) is 0 Å². The highest BCUT2D eigenvalue weighted by molar-refractivity contribution is 8.00. The fraction of sp³-hybridized carbons (Fsp3) is 0.875. The number of carbonyl (C=O) groups excluding carboxylic acids is 1. The van der Waals surface area contributed by atoms with Gasteiger partial charge in [0.2, 0.25) is 5.91 Å². The molecule has 1 atom stereocenters. The first-order valence-electron chi connectivity index (χ1n) is 4.52. The minimum absolute atomic E-state index is 0.0588. The minimum Gasteiger partial charge on any atom is -0.375 e. The zero-order valence-electron chi connectivity index (χ0n) is 8.80. The van der Waals surface area contributed by atoms with Gasteiger partial charge in [-0.1, -0.05) is 0 Å². The highest BCUT2D eigenvalue weighted by atomic mass is 32.2. The SMILES string of the molecule is COCC(=O)N1CCSCC1S(C)(=O)=O. The van der Waals surface area contributed by atoms with Crippen LogP contribution in [0.15, 0.2) is 0 Å². The van der Waals surface area contributed by atoms with E-state index in [1.165, 1.54) is 12.0 Å². The van der Waals surface area contributed by atoms with E-state index in [1.54, 1.807) is 11.8 Å². The third-order valence-electron chi connectivity index (χ3n) is 2.17. The maximum atomic E-state index is 11.6. The third-order valence-corrected chi connectivity index (χ3v) is 4.81. The van der Waals surface area contributed by atoms with Crippen molar-refractivity contribution in [3.05, 3.63) is 0 Å². The summed E-state index contributed by atoms with van der Waals surface area (Å²) in [5.41, 5.74) is 0. The number of sulfone groups is 1. The predicted molar refractivity (Wildman–Crippen MR) is 59.5 cm³/mol. The second-order valence-electron chi connectivity index (χ2n) is 3.38. The molecule has 15 heavy (non-hydrogen) atoms. The Morgan fingerprint density at radius 1 is 1.60 bits per heavy atom. The molecule has 7 heteroatoms. The van der Waals surface area contributed by atoms with Crippen LogP contribution >= 0.6 is 11.8 Å². The van der Waals surface area contributed by atoms with Gasteiger partial charge in [0.05, 0.1) is 0 Å². The Morgan fingerprint density at radius 3 is 2.80 bits per heavy atom. The van der Waals surface area contributed by atoms with Crippen LogP contribution in [0.1, 0.15) is 0 Å². The van der Waals surface area contributed by atoms with Gasteiger partial charge >= 0.3 is 0 Å². The van der Waals surface area contributed by atoms with Gasteiger partial charge in [-0.05, 0) is 0 Å². The lowest BCUT2D eigenvalue weighted by molar-refractivity contribution is -0.135. The molecule has 0 saturated carbocycles. The average molecular weight is 253 g/mol. The number of methoxy groups -OCH3 is 1. The maximum absolute atomic E-state index is 11.6. The van der Waals surface area contributed by atoms with E-state index in [1.807, 2.05) is 0 Å². The molecule has 0 aromatic rings. The van der Waals surface area contributed by atoms with Crippen molar-refractivity contribution in [3.8, 4) is 0 Å². The van der Waals surface area contributed by atoms with Crippen molar-refractivity contribution >= 4 is 27.5 Å².